The highest BCUT2D eigenvalue weighted by Crippen LogP contribution is 2.15. The lowest BCUT2D eigenvalue weighted by atomic mass is 10.2. The maximum Gasteiger partial charge on any atom is 0.337 e. The third-order valence-corrected chi connectivity index (χ3v) is 2.91. The number of urea groups is 1. The molecule has 1 aliphatic rings. The number of nitrogens with one attached hydrogen (secondary N) is 1. The Balaban J connectivity index is 2.07. The second-order valence-electron chi connectivity index (χ2n) is 4.23. The Bertz CT molecular complexity index is 467. The van der Waals surface area contributed by atoms with Gasteiger partial charge in [-0.2, -0.15) is 0 Å². The predicted octanol–water partition coefficient (Wildman–Crippen LogP) is 1.64. The van der Waals surface area contributed by atoms with Crippen molar-refractivity contribution in [2.45, 2.75) is 6.42 Å². The summed E-state index contributed by atoms with van der Waals surface area (Å²) in [6.07, 6.45) is 0.786. The number of anilines is 1. The number of para-hydroxylation sites is 1. The second kappa shape index (κ2) is 6.19. The molecule has 1 fully saturated rings. The summed E-state index contributed by atoms with van der Waals surface area (Å²) in [5.41, 5.74) is 0.395. The van der Waals surface area contributed by atoms with E-state index in [2.05, 4.69) is 5.32 Å². The molecule has 1 aromatic rings. The lowest BCUT2D eigenvalue weighted by Gasteiger charge is -2.20. The van der Waals surface area contributed by atoms with Crippen LogP contribution in [0.4, 0.5) is 10.5 Å². The van der Waals surface area contributed by atoms with Crippen molar-refractivity contribution in [3.63, 3.8) is 0 Å². The van der Waals surface area contributed by atoms with Crippen LogP contribution in [-0.4, -0.2) is 48.3 Å². The number of carboxylic acid groups (broad SMARTS) is 1. The van der Waals surface area contributed by atoms with Crippen LogP contribution in [0.5, 0.6) is 0 Å². The Morgan fingerprint density at radius 3 is 2.79 bits per heavy atom. The van der Waals surface area contributed by atoms with E-state index in [1.54, 1.807) is 23.1 Å². The fourth-order valence-corrected chi connectivity index (χ4v) is 1.92. The minimum atomic E-state index is -1.06. The van der Waals surface area contributed by atoms with Gasteiger partial charge in [0.2, 0.25) is 0 Å². The van der Waals surface area contributed by atoms with Crippen LogP contribution in [0.3, 0.4) is 0 Å². The van der Waals surface area contributed by atoms with Crippen LogP contribution in [0.25, 0.3) is 0 Å². The topological polar surface area (TPSA) is 78.9 Å². The third kappa shape index (κ3) is 3.45. The van der Waals surface area contributed by atoms with Crippen molar-refractivity contribution in [2.75, 3.05) is 31.6 Å². The lowest BCUT2D eigenvalue weighted by Crippen LogP contribution is -2.37. The van der Waals surface area contributed by atoms with Crippen molar-refractivity contribution in [3.05, 3.63) is 29.8 Å². The molecule has 0 saturated carbocycles. The van der Waals surface area contributed by atoms with Crippen LogP contribution < -0.4 is 5.32 Å². The molecule has 19 heavy (non-hydrogen) atoms. The van der Waals surface area contributed by atoms with E-state index in [1.807, 2.05) is 0 Å². The normalized spacial score (nSPS) is 15.7. The molecule has 1 aromatic carbocycles. The standard InChI is InChI=1S/C13H16N2O4/c16-12(17)10-4-1-2-5-11(10)14-13(18)15-6-3-8-19-9-7-15/h1-2,4-5H,3,6-9H2,(H,14,18)(H,16,17). The molecule has 0 bridgehead atoms. The van der Waals surface area contributed by atoms with Gasteiger partial charge in [-0.25, -0.2) is 9.59 Å². The molecule has 1 saturated heterocycles. The van der Waals surface area contributed by atoms with Crippen molar-refractivity contribution in [1.29, 1.82) is 0 Å². The highest BCUT2D eigenvalue weighted by molar-refractivity contribution is 5.99. The van der Waals surface area contributed by atoms with E-state index < -0.39 is 5.97 Å². The van der Waals surface area contributed by atoms with E-state index in [-0.39, 0.29) is 11.6 Å². The highest BCUT2D eigenvalue weighted by Gasteiger charge is 2.18. The molecule has 1 aliphatic heterocycles. The second-order valence-corrected chi connectivity index (χ2v) is 4.23. The van der Waals surface area contributed by atoms with Gasteiger partial charge in [0, 0.05) is 19.7 Å². The number of nitrogens with zero attached hydrogens (tertiary/aromatic N) is 1. The largest absolute Gasteiger partial charge is 0.478 e. The molecule has 0 unspecified atom stereocenters. The summed E-state index contributed by atoms with van der Waals surface area (Å²) in [6, 6.07) is 6.06. The van der Waals surface area contributed by atoms with E-state index >= 15 is 0 Å². The molecule has 6 heteroatoms. The number of carboxylic acids is 1. The minimum Gasteiger partial charge on any atom is -0.478 e. The van der Waals surface area contributed by atoms with Crippen molar-refractivity contribution >= 4 is 17.7 Å². The predicted molar refractivity (Wildman–Crippen MR) is 69.4 cm³/mol. The van der Waals surface area contributed by atoms with Gasteiger partial charge in [0.05, 0.1) is 17.9 Å². The van der Waals surface area contributed by atoms with Gasteiger partial charge in [-0.15, -0.1) is 0 Å². The van der Waals surface area contributed by atoms with Gasteiger partial charge in [-0.05, 0) is 18.6 Å². The molecule has 0 radical (unpaired) electrons. The average Bonchev–Trinajstić information content (AvgIpc) is 2.68. The van der Waals surface area contributed by atoms with Gasteiger partial charge in [0.15, 0.2) is 0 Å². The summed E-state index contributed by atoms with van der Waals surface area (Å²) >= 11 is 0. The first-order valence-electron chi connectivity index (χ1n) is 6.14. The lowest BCUT2D eigenvalue weighted by molar-refractivity contribution is 0.0698. The van der Waals surface area contributed by atoms with Gasteiger partial charge in [0.25, 0.3) is 0 Å². The summed E-state index contributed by atoms with van der Waals surface area (Å²) < 4.78 is 5.27. The Morgan fingerprint density at radius 2 is 2.00 bits per heavy atom. The Hall–Kier alpha value is -2.08. The minimum absolute atomic E-state index is 0.0851. The van der Waals surface area contributed by atoms with E-state index in [4.69, 9.17) is 9.84 Å². The van der Waals surface area contributed by atoms with Gasteiger partial charge < -0.3 is 20.1 Å². The zero-order valence-electron chi connectivity index (χ0n) is 10.5. The fraction of sp³-hybridized carbons (Fsp3) is 0.385. The number of benzene rings is 1. The maximum absolute atomic E-state index is 12.1. The molecule has 0 spiro atoms. The van der Waals surface area contributed by atoms with Gasteiger partial charge >= 0.3 is 12.0 Å². The molecule has 2 N–H and O–H groups in total. The van der Waals surface area contributed by atoms with Crippen LogP contribution in [-0.2, 0) is 4.74 Å². The molecule has 6 nitrogen and oxygen atoms in total. The summed E-state index contributed by atoms with van der Waals surface area (Å²) in [5.74, 6) is -1.06. The Morgan fingerprint density at radius 1 is 1.21 bits per heavy atom. The monoisotopic (exact) mass is 264 g/mol. The number of hydrogen-bond acceptors (Lipinski definition) is 3. The summed E-state index contributed by atoms with van der Waals surface area (Å²) in [6.45, 7) is 2.28. The number of hydrogen-bond donors (Lipinski definition) is 2. The highest BCUT2D eigenvalue weighted by atomic mass is 16.5. The number of aromatic carboxylic acids is 1. The first-order valence-corrected chi connectivity index (χ1v) is 6.14. The summed E-state index contributed by atoms with van der Waals surface area (Å²) in [4.78, 5) is 24.7. The van der Waals surface area contributed by atoms with Crippen LogP contribution in [0.2, 0.25) is 0 Å². The van der Waals surface area contributed by atoms with E-state index in [0.29, 0.717) is 32.0 Å². The van der Waals surface area contributed by atoms with Gasteiger partial charge in [-0.1, -0.05) is 12.1 Å². The quantitative estimate of drug-likeness (QED) is 0.851. The SMILES string of the molecule is O=C(O)c1ccccc1NC(=O)N1CCCOCC1. The number of carbonyl (C=O) groups is 2. The molecular formula is C13H16N2O4. The number of carbonyl (C=O) groups excluding carboxylic acids is 1. The smallest absolute Gasteiger partial charge is 0.337 e. The van der Waals surface area contributed by atoms with Crippen molar-refractivity contribution < 1.29 is 19.4 Å². The Labute approximate surface area is 111 Å². The first-order chi connectivity index (χ1) is 9.18. The van der Waals surface area contributed by atoms with Gasteiger partial charge in [0.1, 0.15) is 0 Å². The maximum atomic E-state index is 12.1. The Kier molecular flexibility index (Phi) is 4.35. The summed E-state index contributed by atoms with van der Waals surface area (Å²) in [5, 5.41) is 11.7. The van der Waals surface area contributed by atoms with E-state index in [9.17, 15) is 9.59 Å². The van der Waals surface area contributed by atoms with E-state index in [0.717, 1.165) is 6.42 Å². The molecule has 0 atom stereocenters. The van der Waals surface area contributed by atoms with Crippen molar-refractivity contribution in [1.82, 2.24) is 4.90 Å². The van der Waals surface area contributed by atoms with Crippen LogP contribution in [0.15, 0.2) is 24.3 Å². The first kappa shape index (κ1) is 13.4. The molecule has 0 aromatic heterocycles. The molecular weight excluding hydrogens is 248 g/mol. The molecule has 2 rings (SSSR count). The molecule has 1 heterocycles. The molecule has 2 amide bonds. The average molecular weight is 264 g/mol. The fourth-order valence-electron chi connectivity index (χ4n) is 1.92. The third-order valence-electron chi connectivity index (χ3n) is 2.91. The number of amides is 2. The number of ether oxygens (including phenoxy) is 1. The van der Waals surface area contributed by atoms with Crippen LogP contribution in [0.1, 0.15) is 16.8 Å². The van der Waals surface area contributed by atoms with Crippen molar-refractivity contribution in [2.24, 2.45) is 0 Å². The number of rotatable bonds is 2. The van der Waals surface area contributed by atoms with Crippen LogP contribution in [0, 0.1) is 0 Å². The van der Waals surface area contributed by atoms with Crippen LogP contribution >= 0.6 is 0 Å². The molecule has 102 valence electrons. The molecule has 0 aliphatic carbocycles. The van der Waals surface area contributed by atoms with Crippen molar-refractivity contribution in [3.8, 4) is 0 Å². The summed E-state index contributed by atoms with van der Waals surface area (Å²) in [7, 11) is 0. The van der Waals surface area contributed by atoms with E-state index in [1.165, 1.54) is 6.07 Å². The zero-order valence-corrected chi connectivity index (χ0v) is 10.5. The zero-order chi connectivity index (χ0) is 13.7. The van der Waals surface area contributed by atoms with Gasteiger partial charge in [-0.3, -0.25) is 0 Å².